The maximum atomic E-state index is 6.36. The summed E-state index contributed by atoms with van der Waals surface area (Å²) in [6.45, 7) is 10.7. The van der Waals surface area contributed by atoms with Crippen LogP contribution in [0.25, 0.3) is 22.0 Å². The highest BCUT2D eigenvalue weighted by molar-refractivity contribution is 6.76. The summed E-state index contributed by atoms with van der Waals surface area (Å²) >= 11 is 0. The van der Waals surface area contributed by atoms with Gasteiger partial charge in [0, 0.05) is 38.4 Å². The molecule has 4 rings (SSSR count). The van der Waals surface area contributed by atoms with Crippen molar-refractivity contribution in [3.8, 4) is 28.6 Å². The van der Waals surface area contributed by atoms with Gasteiger partial charge in [0.25, 0.3) is 0 Å². The van der Waals surface area contributed by atoms with Crippen LogP contribution < -0.4 is 9.47 Å². The van der Waals surface area contributed by atoms with E-state index >= 15 is 0 Å². The second kappa shape index (κ2) is 11.3. The van der Waals surface area contributed by atoms with Crippen LogP contribution in [-0.2, 0) is 22.8 Å². The van der Waals surface area contributed by atoms with Crippen molar-refractivity contribution in [3.63, 3.8) is 0 Å². The molecule has 7 heteroatoms. The van der Waals surface area contributed by atoms with E-state index in [1.165, 1.54) is 0 Å². The molecule has 0 aliphatic rings. The minimum Gasteiger partial charge on any atom is -0.480 e. The van der Waals surface area contributed by atoms with E-state index in [0.29, 0.717) is 19.2 Å². The lowest BCUT2D eigenvalue weighted by atomic mass is 10.1. The molecule has 0 aliphatic carbocycles. The van der Waals surface area contributed by atoms with Gasteiger partial charge in [-0.2, -0.15) is 0 Å². The molecule has 2 heterocycles. The lowest BCUT2D eigenvalue weighted by Gasteiger charge is -2.18. The van der Waals surface area contributed by atoms with Crippen molar-refractivity contribution in [2.24, 2.45) is 0 Å². The van der Waals surface area contributed by atoms with Crippen LogP contribution in [0.5, 0.6) is 17.4 Å². The van der Waals surface area contributed by atoms with Gasteiger partial charge in [-0.15, -0.1) is 0 Å². The van der Waals surface area contributed by atoms with Crippen LogP contribution in [0.4, 0.5) is 0 Å². The van der Waals surface area contributed by atoms with Crippen molar-refractivity contribution in [1.29, 1.82) is 0 Å². The predicted molar refractivity (Wildman–Crippen MR) is 148 cm³/mol. The van der Waals surface area contributed by atoms with Crippen LogP contribution in [-0.4, -0.2) is 38.5 Å². The summed E-state index contributed by atoms with van der Waals surface area (Å²) in [5.74, 6) is 2.14. The second-order valence-electron chi connectivity index (χ2n) is 10.1. The Morgan fingerprint density at radius 3 is 2.36 bits per heavy atom. The topological polar surface area (TPSA) is 54.7 Å². The number of aryl methyl sites for hydroxylation is 1. The molecule has 4 aromatic rings. The first-order valence-electron chi connectivity index (χ1n) is 12.3. The Balaban J connectivity index is 1.88. The molecule has 0 saturated heterocycles. The summed E-state index contributed by atoms with van der Waals surface area (Å²) in [5.41, 5.74) is 3.84. The fourth-order valence-electron chi connectivity index (χ4n) is 4.28. The Morgan fingerprint density at radius 1 is 0.944 bits per heavy atom. The van der Waals surface area contributed by atoms with E-state index in [9.17, 15) is 0 Å². The zero-order chi connectivity index (χ0) is 25.7. The summed E-state index contributed by atoms with van der Waals surface area (Å²) in [5, 5.41) is 2.00. The smallest absolute Gasteiger partial charge is 0.223 e. The fraction of sp³-hybridized carbons (Fsp3) is 0.345. The molecule has 0 atom stereocenters. The number of aromatic nitrogens is 2. The molecule has 6 nitrogen and oxygen atoms in total. The Bertz CT molecular complexity index is 1310. The molecule has 0 unspecified atom stereocenters. The molecule has 0 spiro atoms. The van der Waals surface area contributed by atoms with Gasteiger partial charge in [-0.1, -0.05) is 50.0 Å². The molecule has 0 radical (unpaired) electrons. The maximum absolute atomic E-state index is 6.36. The maximum Gasteiger partial charge on any atom is 0.223 e. The minimum atomic E-state index is -1.20. The average Bonchev–Trinajstić information content (AvgIpc) is 3.13. The number of para-hydroxylation sites is 2. The molecule has 2 aromatic heterocycles. The van der Waals surface area contributed by atoms with Crippen LogP contribution in [0.2, 0.25) is 25.7 Å². The normalized spacial score (nSPS) is 11.7. The van der Waals surface area contributed by atoms with Crippen molar-refractivity contribution in [2.75, 3.05) is 20.8 Å². The van der Waals surface area contributed by atoms with Crippen LogP contribution in [0.15, 0.2) is 60.7 Å². The van der Waals surface area contributed by atoms with Crippen molar-refractivity contribution in [1.82, 2.24) is 9.55 Å². The van der Waals surface area contributed by atoms with Gasteiger partial charge in [0.2, 0.25) is 5.88 Å². The zero-order valence-corrected chi connectivity index (χ0v) is 23.1. The van der Waals surface area contributed by atoms with Crippen LogP contribution >= 0.6 is 0 Å². The number of nitrogens with zero attached hydrogens (tertiary/aromatic N) is 2. The minimum absolute atomic E-state index is 0.394. The van der Waals surface area contributed by atoms with E-state index in [2.05, 4.69) is 43.3 Å². The van der Waals surface area contributed by atoms with Gasteiger partial charge in [-0.05, 0) is 43.3 Å². The fourth-order valence-corrected chi connectivity index (χ4v) is 5.04. The van der Waals surface area contributed by atoms with Crippen molar-refractivity contribution >= 4 is 18.8 Å². The Hall–Kier alpha value is -3.13. The lowest BCUT2D eigenvalue weighted by Crippen LogP contribution is -2.22. The highest BCUT2D eigenvalue weighted by Gasteiger charge is 2.23. The average molecular weight is 505 g/mol. The van der Waals surface area contributed by atoms with Gasteiger partial charge in [0.15, 0.2) is 0 Å². The quantitative estimate of drug-likeness (QED) is 0.159. The third kappa shape index (κ3) is 5.81. The first-order chi connectivity index (χ1) is 17.3. The molecular formula is C29H36N2O4Si. The van der Waals surface area contributed by atoms with Crippen molar-refractivity contribution in [2.45, 2.75) is 45.9 Å². The highest BCUT2D eigenvalue weighted by atomic mass is 28.3. The Kier molecular flexibility index (Phi) is 8.13. The van der Waals surface area contributed by atoms with E-state index in [1.807, 2.05) is 48.5 Å². The zero-order valence-electron chi connectivity index (χ0n) is 22.1. The standard InChI is InChI=1S/C29H36N2O4Si/c1-21-27-25(18-22(19-32-2)30-29(27)33-3)28(31(21)20-34-16-17-36(4,5)6)24-14-10-11-15-26(24)35-23-12-8-7-9-13-23/h7-15,18H,16-17,19-20H2,1-6H3. The molecule has 0 fully saturated rings. The van der Waals surface area contributed by atoms with Crippen LogP contribution in [0.1, 0.15) is 11.4 Å². The molecule has 0 saturated carbocycles. The summed E-state index contributed by atoms with van der Waals surface area (Å²) in [4.78, 5) is 4.71. The van der Waals surface area contributed by atoms with Crippen molar-refractivity contribution < 1.29 is 18.9 Å². The lowest BCUT2D eigenvalue weighted by molar-refractivity contribution is 0.0875. The van der Waals surface area contributed by atoms with Gasteiger partial charge in [0.1, 0.15) is 18.2 Å². The third-order valence-electron chi connectivity index (χ3n) is 6.15. The first kappa shape index (κ1) is 25.9. The highest BCUT2D eigenvalue weighted by Crippen LogP contribution is 2.42. The molecule has 0 amide bonds. The number of methoxy groups -OCH3 is 2. The van der Waals surface area contributed by atoms with Crippen LogP contribution in [0, 0.1) is 6.92 Å². The molecule has 0 aliphatic heterocycles. The number of hydrogen-bond donors (Lipinski definition) is 0. The molecule has 2 aromatic carbocycles. The summed E-state index contributed by atoms with van der Waals surface area (Å²) in [6.07, 6.45) is 0. The van der Waals surface area contributed by atoms with E-state index in [0.717, 1.165) is 57.6 Å². The molecule has 190 valence electrons. The van der Waals surface area contributed by atoms with E-state index in [1.54, 1.807) is 14.2 Å². The third-order valence-corrected chi connectivity index (χ3v) is 7.85. The SMILES string of the molecule is COCc1cc2c(-c3ccccc3Oc3ccccc3)n(COCC[Si](C)(C)C)c(C)c2c(OC)n1. The number of benzene rings is 2. The van der Waals surface area contributed by atoms with Crippen LogP contribution in [0.3, 0.4) is 0 Å². The number of rotatable bonds is 11. The molecular weight excluding hydrogens is 468 g/mol. The molecule has 36 heavy (non-hydrogen) atoms. The molecule has 0 N–H and O–H groups in total. The summed E-state index contributed by atoms with van der Waals surface area (Å²) < 4.78 is 26.0. The van der Waals surface area contributed by atoms with Gasteiger partial charge in [-0.25, -0.2) is 4.98 Å². The van der Waals surface area contributed by atoms with Crippen molar-refractivity contribution in [3.05, 3.63) is 72.1 Å². The molecule has 0 bridgehead atoms. The van der Waals surface area contributed by atoms with E-state index in [-0.39, 0.29) is 0 Å². The summed E-state index contributed by atoms with van der Waals surface area (Å²) in [7, 11) is 2.13. The Morgan fingerprint density at radius 2 is 1.67 bits per heavy atom. The first-order valence-corrected chi connectivity index (χ1v) is 16.0. The van der Waals surface area contributed by atoms with Gasteiger partial charge >= 0.3 is 0 Å². The number of ether oxygens (including phenoxy) is 4. The van der Waals surface area contributed by atoms with Gasteiger partial charge < -0.3 is 23.5 Å². The van der Waals surface area contributed by atoms with E-state index in [4.69, 9.17) is 23.9 Å². The number of hydrogen-bond acceptors (Lipinski definition) is 5. The van der Waals surface area contributed by atoms with Gasteiger partial charge in [-0.3, -0.25) is 0 Å². The largest absolute Gasteiger partial charge is 0.480 e. The predicted octanol–water partition coefficient (Wildman–Crippen LogP) is 7.27. The Labute approximate surface area is 214 Å². The summed E-state index contributed by atoms with van der Waals surface area (Å²) in [6, 6.07) is 21.2. The number of pyridine rings is 1. The number of fused-ring (bicyclic) bond motifs is 1. The van der Waals surface area contributed by atoms with E-state index < -0.39 is 8.07 Å². The second-order valence-corrected chi connectivity index (χ2v) is 15.7. The monoisotopic (exact) mass is 504 g/mol. The van der Waals surface area contributed by atoms with Gasteiger partial charge in [0.05, 0.1) is 30.5 Å².